The molecule has 1 N–H and O–H groups in total. The molecule has 3 heteroatoms. The number of rotatable bonds is 7. The summed E-state index contributed by atoms with van der Waals surface area (Å²) in [5.74, 6) is 0.692. The van der Waals surface area contributed by atoms with Crippen LogP contribution in [-0.4, -0.2) is 19.1 Å². The first-order valence-electron chi connectivity index (χ1n) is 10.3. The second-order valence-corrected chi connectivity index (χ2v) is 8.21. The Labute approximate surface area is 179 Å². The Balaban J connectivity index is 1.60. The second kappa shape index (κ2) is 9.93. The Morgan fingerprint density at radius 2 is 1.47 bits per heavy atom. The van der Waals surface area contributed by atoms with Crippen molar-refractivity contribution < 1.29 is 9.53 Å². The molecule has 0 aliphatic heterocycles. The van der Waals surface area contributed by atoms with Gasteiger partial charge in [0.25, 0.3) is 5.91 Å². The summed E-state index contributed by atoms with van der Waals surface area (Å²) in [5, 5.41) is 2.98. The molecule has 0 radical (unpaired) electrons. The van der Waals surface area contributed by atoms with Crippen molar-refractivity contribution in [2.45, 2.75) is 26.2 Å². The Morgan fingerprint density at radius 3 is 2.07 bits per heavy atom. The minimum absolute atomic E-state index is 0.114. The van der Waals surface area contributed by atoms with Gasteiger partial charge in [0, 0.05) is 5.57 Å². The Bertz CT molecular complexity index is 969. The molecule has 3 aromatic rings. The van der Waals surface area contributed by atoms with Crippen molar-refractivity contribution in [3.8, 4) is 5.75 Å². The van der Waals surface area contributed by atoms with Gasteiger partial charge in [-0.05, 0) is 40.3 Å². The smallest absolute Gasteiger partial charge is 0.252 e. The number of nitrogens with one attached hydrogen (secondary N) is 1. The summed E-state index contributed by atoms with van der Waals surface area (Å²) < 4.78 is 5.79. The van der Waals surface area contributed by atoms with Gasteiger partial charge in [-0.15, -0.1) is 0 Å². The molecule has 0 saturated heterocycles. The summed E-state index contributed by atoms with van der Waals surface area (Å²) in [6.45, 7) is 7.40. The van der Waals surface area contributed by atoms with Crippen molar-refractivity contribution in [1.29, 1.82) is 0 Å². The highest BCUT2D eigenvalue weighted by Gasteiger charge is 2.13. The molecule has 0 saturated carbocycles. The van der Waals surface area contributed by atoms with Crippen LogP contribution in [0.15, 0.2) is 84.9 Å². The fraction of sp³-hybridized carbons (Fsp3) is 0.222. The molecular formula is C27H29NO2. The molecule has 0 bridgehead atoms. The number of hydrogen-bond acceptors (Lipinski definition) is 2. The summed E-state index contributed by atoms with van der Waals surface area (Å²) in [7, 11) is 0. The molecular weight excluding hydrogens is 370 g/mol. The number of benzene rings is 3. The van der Waals surface area contributed by atoms with Gasteiger partial charge in [0.15, 0.2) is 0 Å². The van der Waals surface area contributed by atoms with Crippen LogP contribution in [0.2, 0.25) is 0 Å². The van der Waals surface area contributed by atoms with E-state index in [2.05, 4.69) is 38.2 Å². The standard InChI is InChI=1S/C27H29NO2/c1-27(2,3)23-14-16-24(17-15-23)30-19-18-28-26(29)25(22-12-8-5-9-13-22)20-21-10-6-4-7-11-21/h4-17,20H,18-19H2,1-3H3,(H,28,29)/b25-20+. The van der Waals surface area contributed by atoms with E-state index < -0.39 is 0 Å². The number of amides is 1. The highest BCUT2D eigenvalue weighted by molar-refractivity contribution is 6.24. The first-order chi connectivity index (χ1) is 14.4. The predicted octanol–water partition coefficient (Wildman–Crippen LogP) is 5.72. The van der Waals surface area contributed by atoms with Gasteiger partial charge < -0.3 is 10.1 Å². The topological polar surface area (TPSA) is 38.3 Å². The molecule has 3 rings (SSSR count). The molecule has 30 heavy (non-hydrogen) atoms. The molecule has 0 atom stereocenters. The highest BCUT2D eigenvalue weighted by Crippen LogP contribution is 2.24. The van der Waals surface area contributed by atoms with Gasteiger partial charge in [-0.1, -0.05) is 93.6 Å². The van der Waals surface area contributed by atoms with Crippen LogP contribution in [0.1, 0.15) is 37.5 Å². The van der Waals surface area contributed by atoms with Crippen LogP contribution in [0.4, 0.5) is 0 Å². The quantitative estimate of drug-likeness (QED) is 0.313. The van der Waals surface area contributed by atoms with Crippen molar-refractivity contribution in [3.05, 3.63) is 102 Å². The first kappa shape index (κ1) is 21.4. The van der Waals surface area contributed by atoms with Crippen LogP contribution in [0.25, 0.3) is 11.6 Å². The lowest BCUT2D eigenvalue weighted by Gasteiger charge is -2.19. The van der Waals surface area contributed by atoms with Crippen LogP contribution >= 0.6 is 0 Å². The minimum atomic E-state index is -0.114. The van der Waals surface area contributed by atoms with E-state index in [0.29, 0.717) is 18.7 Å². The number of hydrogen-bond donors (Lipinski definition) is 1. The van der Waals surface area contributed by atoms with Gasteiger partial charge in [0.05, 0.1) is 6.54 Å². The molecule has 0 fully saturated rings. The average Bonchev–Trinajstić information content (AvgIpc) is 2.76. The van der Waals surface area contributed by atoms with E-state index in [0.717, 1.165) is 16.9 Å². The van der Waals surface area contributed by atoms with Crippen molar-refractivity contribution in [2.75, 3.05) is 13.2 Å². The molecule has 3 nitrogen and oxygen atoms in total. The number of carbonyl (C=O) groups is 1. The monoisotopic (exact) mass is 399 g/mol. The molecule has 3 aromatic carbocycles. The van der Waals surface area contributed by atoms with E-state index in [1.165, 1.54) is 5.56 Å². The zero-order valence-electron chi connectivity index (χ0n) is 17.9. The molecule has 0 unspecified atom stereocenters. The summed E-state index contributed by atoms with van der Waals surface area (Å²) in [4.78, 5) is 12.9. The molecule has 1 amide bonds. The van der Waals surface area contributed by atoms with E-state index >= 15 is 0 Å². The lowest BCUT2D eigenvalue weighted by Crippen LogP contribution is -2.28. The van der Waals surface area contributed by atoms with Gasteiger partial charge in [-0.2, -0.15) is 0 Å². The van der Waals surface area contributed by atoms with Gasteiger partial charge in [-0.3, -0.25) is 4.79 Å². The summed E-state index contributed by atoms with van der Waals surface area (Å²) >= 11 is 0. The molecule has 0 aliphatic rings. The summed E-state index contributed by atoms with van der Waals surface area (Å²) in [5.41, 5.74) is 3.89. The van der Waals surface area contributed by atoms with E-state index in [1.807, 2.05) is 78.9 Å². The summed E-state index contributed by atoms with van der Waals surface area (Å²) in [6, 6.07) is 27.7. The zero-order chi connectivity index (χ0) is 21.4. The third-order valence-corrected chi connectivity index (χ3v) is 4.82. The predicted molar refractivity (Wildman–Crippen MR) is 124 cm³/mol. The maximum atomic E-state index is 12.9. The Hall–Kier alpha value is -3.33. The van der Waals surface area contributed by atoms with Crippen LogP contribution in [0, 0.1) is 0 Å². The largest absolute Gasteiger partial charge is 0.492 e. The average molecular weight is 400 g/mol. The van der Waals surface area contributed by atoms with Crippen LogP contribution in [0.5, 0.6) is 5.75 Å². The number of carbonyl (C=O) groups excluding carboxylic acids is 1. The fourth-order valence-corrected chi connectivity index (χ4v) is 3.09. The third kappa shape index (κ3) is 6.08. The van der Waals surface area contributed by atoms with Crippen molar-refractivity contribution >= 4 is 17.6 Å². The second-order valence-electron chi connectivity index (χ2n) is 8.21. The Kier molecular flexibility index (Phi) is 7.08. The van der Waals surface area contributed by atoms with E-state index in [9.17, 15) is 4.79 Å². The molecule has 0 aromatic heterocycles. The SMILES string of the molecule is CC(C)(C)c1ccc(OCCNC(=O)/C(=C/c2ccccc2)c2ccccc2)cc1. The summed E-state index contributed by atoms with van der Waals surface area (Å²) in [6.07, 6.45) is 1.91. The first-order valence-corrected chi connectivity index (χ1v) is 10.3. The maximum absolute atomic E-state index is 12.9. The van der Waals surface area contributed by atoms with Crippen LogP contribution in [-0.2, 0) is 10.2 Å². The van der Waals surface area contributed by atoms with Crippen molar-refractivity contribution in [1.82, 2.24) is 5.32 Å². The van der Waals surface area contributed by atoms with Gasteiger partial charge in [0.2, 0.25) is 0 Å². The zero-order valence-corrected chi connectivity index (χ0v) is 17.9. The Morgan fingerprint density at radius 1 is 0.867 bits per heavy atom. The van der Waals surface area contributed by atoms with Gasteiger partial charge in [0.1, 0.15) is 12.4 Å². The molecule has 0 heterocycles. The highest BCUT2D eigenvalue weighted by atomic mass is 16.5. The fourth-order valence-electron chi connectivity index (χ4n) is 3.09. The van der Waals surface area contributed by atoms with Crippen LogP contribution in [0.3, 0.4) is 0 Å². The van der Waals surface area contributed by atoms with Gasteiger partial charge >= 0.3 is 0 Å². The molecule has 0 aliphatic carbocycles. The molecule has 0 spiro atoms. The van der Waals surface area contributed by atoms with E-state index in [-0.39, 0.29) is 11.3 Å². The third-order valence-electron chi connectivity index (χ3n) is 4.82. The van der Waals surface area contributed by atoms with Crippen molar-refractivity contribution in [2.24, 2.45) is 0 Å². The van der Waals surface area contributed by atoms with Crippen LogP contribution < -0.4 is 10.1 Å². The lowest BCUT2D eigenvalue weighted by molar-refractivity contribution is -0.115. The lowest BCUT2D eigenvalue weighted by atomic mass is 9.87. The van der Waals surface area contributed by atoms with E-state index in [1.54, 1.807) is 0 Å². The van der Waals surface area contributed by atoms with E-state index in [4.69, 9.17) is 4.74 Å². The normalized spacial score (nSPS) is 11.8. The van der Waals surface area contributed by atoms with Gasteiger partial charge in [-0.25, -0.2) is 0 Å². The minimum Gasteiger partial charge on any atom is -0.492 e. The number of ether oxygens (including phenoxy) is 1. The molecule has 154 valence electrons. The van der Waals surface area contributed by atoms with Crippen molar-refractivity contribution in [3.63, 3.8) is 0 Å². The maximum Gasteiger partial charge on any atom is 0.252 e.